The quantitative estimate of drug-likeness (QED) is 0.277. The third-order valence-corrected chi connectivity index (χ3v) is 1.19. The van der Waals surface area contributed by atoms with Crippen molar-refractivity contribution in [3.8, 4) is 0 Å². The Balaban J connectivity index is 3.72. The number of rotatable bonds is 1. The lowest BCUT2D eigenvalue weighted by molar-refractivity contribution is 0.202. The van der Waals surface area contributed by atoms with Gasteiger partial charge in [0.15, 0.2) is 0 Å². The average Bonchev–Trinajstić information content (AvgIpc) is 1.84. The first-order valence-corrected chi connectivity index (χ1v) is 2.69. The fourth-order valence-corrected chi connectivity index (χ4v) is 0.308. The fourth-order valence-electron chi connectivity index (χ4n) is 0.122. The zero-order chi connectivity index (χ0) is 7.44. The first-order valence-electron chi connectivity index (χ1n) is 1.67. The number of hydrogen-bond acceptors (Lipinski definition) is 3. The molecule has 5 nitrogen and oxygen atoms in total. The predicted molar refractivity (Wildman–Crippen MR) is 34.0 cm³/mol. The van der Waals surface area contributed by atoms with Gasteiger partial charge in [0.05, 0.1) is 0 Å². The standard InChI is InChI=1S/CH3Cl3N4O/c2-7(8(3)4)1(9)6-5/h5H2,(H,6,9). The van der Waals surface area contributed by atoms with Crippen LogP contribution in [0.1, 0.15) is 0 Å². The van der Waals surface area contributed by atoms with E-state index in [2.05, 4.69) is 5.84 Å². The number of carbonyl (C=O) groups excluding carboxylic acids is 1. The molecule has 0 radical (unpaired) electrons. The Kier molecular flexibility index (Phi) is 4.00. The second kappa shape index (κ2) is 3.97. The molecule has 0 aliphatic carbocycles. The van der Waals surface area contributed by atoms with E-state index in [1.807, 2.05) is 0 Å². The minimum Gasteiger partial charge on any atom is -0.274 e. The lowest BCUT2D eigenvalue weighted by atomic mass is 11.1. The molecule has 0 atom stereocenters. The van der Waals surface area contributed by atoms with E-state index in [0.717, 1.165) is 0 Å². The molecular formula is CH3Cl3N4O. The van der Waals surface area contributed by atoms with Crippen LogP contribution in [0.15, 0.2) is 0 Å². The van der Waals surface area contributed by atoms with Gasteiger partial charge >= 0.3 is 6.03 Å². The number of nitrogens with zero attached hydrogens (tertiary/aromatic N) is 2. The van der Waals surface area contributed by atoms with E-state index in [4.69, 9.17) is 35.3 Å². The number of amides is 2. The number of carbonyl (C=O) groups is 1. The summed E-state index contributed by atoms with van der Waals surface area (Å²) in [6.45, 7) is 0. The monoisotopic (exact) mass is 192 g/mol. The highest BCUT2D eigenvalue weighted by atomic mass is 35.5. The smallest absolute Gasteiger partial charge is 0.274 e. The van der Waals surface area contributed by atoms with Crippen molar-refractivity contribution in [2.24, 2.45) is 5.84 Å². The summed E-state index contributed by atoms with van der Waals surface area (Å²) in [5.74, 6) is 4.64. The summed E-state index contributed by atoms with van der Waals surface area (Å²) in [7, 11) is 0. The van der Waals surface area contributed by atoms with E-state index < -0.39 is 6.03 Å². The van der Waals surface area contributed by atoms with E-state index >= 15 is 0 Å². The zero-order valence-corrected chi connectivity index (χ0v) is 6.28. The van der Waals surface area contributed by atoms with E-state index in [0.29, 0.717) is 8.58 Å². The summed E-state index contributed by atoms with van der Waals surface area (Å²) in [6, 6.07) is -0.832. The summed E-state index contributed by atoms with van der Waals surface area (Å²) in [5, 5.41) is 0. The molecule has 0 bridgehead atoms. The highest BCUT2D eigenvalue weighted by Crippen LogP contribution is 2.08. The van der Waals surface area contributed by atoms with Crippen molar-refractivity contribution in [2.45, 2.75) is 0 Å². The van der Waals surface area contributed by atoms with Crippen LogP contribution in [-0.4, -0.2) is 14.6 Å². The lowest BCUT2D eigenvalue weighted by Crippen LogP contribution is -2.41. The summed E-state index contributed by atoms with van der Waals surface area (Å²) in [5.41, 5.74) is 1.69. The van der Waals surface area contributed by atoms with Crippen molar-refractivity contribution in [1.29, 1.82) is 0 Å². The minimum atomic E-state index is -0.832. The van der Waals surface area contributed by atoms with Crippen LogP contribution in [0.3, 0.4) is 0 Å². The van der Waals surface area contributed by atoms with Gasteiger partial charge in [0.2, 0.25) is 0 Å². The summed E-state index contributed by atoms with van der Waals surface area (Å²) in [4.78, 5) is 10.3. The molecule has 0 heterocycles. The van der Waals surface area contributed by atoms with Gasteiger partial charge in [0.1, 0.15) is 0 Å². The summed E-state index contributed by atoms with van der Waals surface area (Å²) < 4.78 is 0.673. The van der Waals surface area contributed by atoms with Crippen LogP contribution in [0.2, 0.25) is 0 Å². The van der Waals surface area contributed by atoms with Crippen LogP contribution in [0.25, 0.3) is 0 Å². The molecule has 0 aromatic rings. The topological polar surface area (TPSA) is 61.6 Å². The first-order chi connectivity index (χ1) is 4.09. The number of nitrogens with one attached hydrogen (secondary N) is 1. The Labute approximate surface area is 66.5 Å². The molecule has 3 N–H and O–H groups in total. The molecule has 0 saturated heterocycles. The van der Waals surface area contributed by atoms with Crippen molar-refractivity contribution in [1.82, 2.24) is 14.0 Å². The maximum Gasteiger partial charge on any atom is 0.363 e. The molecule has 54 valence electrons. The molecule has 0 rings (SSSR count). The molecular weight excluding hydrogens is 190 g/mol. The molecule has 0 unspecified atom stereocenters. The second-order valence-electron chi connectivity index (χ2n) is 0.925. The average molecular weight is 193 g/mol. The Morgan fingerprint density at radius 1 is 1.44 bits per heavy atom. The molecule has 0 aromatic heterocycles. The Bertz CT molecular complexity index is 106. The molecule has 0 fully saturated rings. The number of hydrazine groups is 2. The van der Waals surface area contributed by atoms with E-state index in [-0.39, 0.29) is 0 Å². The van der Waals surface area contributed by atoms with Gasteiger partial charge in [-0.3, -0.25) is 5.43 Å². The van der Waals surface area contributed by atoms with Gasteiger partial charge in [-0.15, -0.1) is 4.53 Å². The van der Waals surface area contributed by atoms with Crippen LogP contribution >= 0.6 is 35.3 Å². The largest absolute Gasteiger partial charge is 0.363 e. The second-order valence-corrected chi connectivity index (χ2v) is 2.06. The maximum absolute atomic E-state index is 10.3. The molecule has 0 aromatic carbocycles. The van der Waals surface area contributed by atoms with E-state index in [9.17, 15) is 4.79 Å². The van der Waals surface area contributed by atoms with Crippen molar-refractivity contribution in [2.75, 3.05) is 0 Å². The molecule has 0 aliphatic rings. The molecule has 8 heteroatoms. The molecule has 0 saturated carbocycles. The van der Waals surface area contributed by atoms with Gasteiger partial charge in [-0.1, -0.05) is 0 Å². The van der Waals surface area contributed by atoms with Crippen LogP contribution < -0.4 is 11.3 Å². The zero-order valence-electron chi connectivity index (χ0n) is 4.01. The number of urea groups is 1. The Hall–Kier alpha value is 0.0600. The van der Waals surface area contributed by atoms with Crippen LogP contribution in [0.5, 0.6) is 0 Å². The van der Waals surface area contributed by atoms with Crippen LogP contribution in [-0.2, 0) is 0 Å². The normalized spacial score (nSPS) is 9.44. The first kappa shape index (κ1) is 9.06. The van der Waals surface area contributed by atoms with Crippen molar-refractivity contribution >= 4 is 41.4 Å². The SMILES string of the molecule is NNC(=O)N(Cl)N(Cl)Cl. The summed E-state index contributed by atoms with van der Waals surface area (Å²) in [6.07, 6.45) is 0. The fraction of sp³-hybridized carbons (Fsp3) is 0. The van der Waals surface area contributed by atoms with E-state index in [1.165, 1.54) is 0 Å². The third-order valence-electron chi connectivity index (χ3n) is 0.424. The van der Waals surface area contributed by atoms with Gasteiger partial charge < -0.3 is 0 Å². The minimum absolute atomic E-state index is 0.323. The Morgan fingerprint density at radius 3 is 2.00 bits per heavy atom. The van der Waals surface area contributed by atoms with Crippen LogP contribution in [0, 0.1) is 0 Å². The van der Waals surface area contributed by atoms with Crippen molar-refractivity contribution in [3.05, 3.63) is 0 Å². The van der Waals surface area contributed by atoms with Gasteiger partial charge in [0.25, 0.3) is 0 Å². The van der Waals surface area contributed by atoms with Crippen LogP contribution in [0.4, 0.5) is 4.79 Å². The summed E-state index contributed by atoms with van der Waals surface area (Å²) >= 11 is 15.0. The van der Waals surface area contributed by atoms with Crippen molar-refractivity contribution in [3.63, 3.8) is 0 Å². The molecule has 2 amide bonds. The van der Waals surface area contributed by atoms with Gasteiger partial charge in [-0.25, -0.2) is 10.6 Å². The third kappa shape index (κ3) is 2.92. The number of nitrogens with two attached hydrogens (primary N) is 1. The van der Waals surface area contributed by atoms with Gasteiger partial charge in [0, 0.05) is 35.3 Å². The lowest BCUT2D eigenvalue weighted by Gasteiger charge is -2.12. The van der Waals surface area contributed by atoms with Gasteiger partial charge in [-0.2, -0.15) is 0 Å². The van der Waals surface area contributed by atoms with Crippen molar-refractivity contribution < 1.29 is 4.79 Å². The number of halogens is 3. The predicted octanol–water partition coefficient (Wildman–Crippen LogP) is 0.550. The molecule has 0 spiro atoms. The van der Waals surface area contributed by atoms with E-state index in [1.54, 1.807) is 5.43 Å². The molecule has 0 aliphatic heterocycles. The maximum atomic E-state index is 10.3. The number of hydrogen-bond donors (Lipinski definition) is 2. The highest BCUT2D eigenvalue weighted by molar-refractivity contribution is 6.37. The highest BCUT2D eigenvalue weighted by Gasteiger charge is 2.13. The van der Waals surface area contributed by atoms with Gasteiger partial charge in [-0.05, 0) is 4.05 Å². The molecule has 9 heavy (non-hydrogen) atoms. The Morgan fingerprint density at radius 2 is 1.89 bits per heavy atom.